The van der Waals surface area contributed by atoms with Gasteiger partial charge in [0.2, 0.25) is 0 Å². The number of hydrogen-bond donors (Lipinski definition) is 4. The zero-order valence-electron chi connectivity index (χ0n) is 25.8. The topological polar surface area (TPSA) is 80.9 Å². The fourth-order valence-corrected chi connectivity index (χ4v) is 6.49. The fourth-order valence-electron chi connectivity index (χ4n) is 5.73. The molecule has 0 aliphatic rings. The third-order valence-electron chi connectivity index (χ3n) is 8.96. The lowest BCUT2D eigenvalue weighted by molar-refractivity contribution is -0.965. The maximum absolute atomic E-state index is 11.0. The Morgan fingerprint density at radius 2 is 0.857 bits per heavy atom. The van der Waals surface area contributed by atoms with Crippen molar-refractivity contribution >= 4 is 23.2 Å². The van der Waals surface area contributed by atoms with Crippen molar-refractivity contribution in [2.24, 2.45) is 0 Å². The van der Waals surface area contributed by atoms with E-state index in [9.17, 15) is 20.4 Å². The zero-order valence-corrected chi connectivity index (χ0v) is 27.3. The second-order valence-corrected chi connectivity index (χ2v) is 13.2. The van der Waals surface area contributed by atoms with Gasteiger partial charge in [-0.25, -0.2) is 0 Å². The Hall–Kier alpha value is -1.22. The van der Waals surface area contributed by atoms with Crippen LogP contribution in [0.1, 0.15) is 75.3 Å². The Morgan fingerprint density at radius 3 is 1.17 bits per heavy atom. The highest BCUT2D eigenvalue weighted by molar-refractivity contribution is 6.19. The molecule has 6 nitrogen and oxygen atoms in total. The smallest absolute Gasteiger partial charge is 0.195 e. The predicted molar refractivity (Wildman–Crippen MR) is 174 cm³/mol. The largest absolute Gasteiger partial charge is 0.391 e. The van der Waals surface area contributed by atoms with Crippen LogP contribution in [0.3, 0.4) is 0 Å². The number of alkyl halides is 2. The summed E-state index contributed by atoms with van der Waals surface area (Å²) >= 11 is 13.6. The molecule has 2 aromatic carbocycles. The number of halogens is 2. The molecule has 0 amide bonds. The van der Waals surface area contributed by atoms with E-state index in [4.69, 9.17) is 23.2 Å². The van der Waals surface area contributed by atoms with E-state index < -0.39 is 12.5 Å². The van der Waals surface area contributed by atoms with Gasteiger partial charge in [-0.15, -0.1) is 0 Å². The number of hydrogen-bond acceptors (Lipinski definition) is 4. The molecule has 2 rings (SSSR count). The first-order valence-corrected chi connectivity index (χ1v) is 16.7. The minimum Gasteiger partial charge on any atom is -0.391 e. The lowest BCUT2D eigenvalue weighted by Gasteiger charge is -2.42. The molecule has 4 N–H and O–H groups in total. The Morgan fingerprint density at radius 1 is 0.548 bits per heavy atom. The van der Waals surface area contributed by atoms with E-state index in [1.165, 1.54) is 12.8 Å². The van der Waals surface area contributed by atoms with Gasteiger partial charge in [0.25, 0.3) is 0 Å². The Labute approximate surface area is 264 Å². The van der Waals surface area contributed by atoms with E-state index in [-0.39, 0.29) is 33.2 Å². The minimum atomic E-state index is -0.665. The summed E-state index contributed by atoms with van der Waals surface area (Å²) in [6.07, 6.45) is 10.2. The van der Waals surface area contributed by atoms with Gasteiger partial charge in [0.05, 0.1) is 40.2 Å². The monoisotopic (exact) mass is 626 g/mol. The van der Waals surface area contributed by atoms with Crippen LogP contribution in [0.25, 0.3) is 0 Å². The van der Waals surface area contributed by atoms with Crippen LogP contribution in [0.4, 0.5) is 0 Å². The van der Waals surface area contributed by atoms with Crippen molar-refractivity contribution in [3.05, 3.63) is 71.8 Å². The van der Waals surface area contributed by atoms with E-state index in [1.807, 2.05) is 74.8 Å². The van der Waals surface area contributed by atoms with Gasteiger partial charge in [0.1, 0.15) is 13.1 Å². The van der Waals surface area contributed by atoms with Crippen LogP contribution in [0.15, 0.2) is 60.7 Å². The summed E-state index contributed by atoms with van der Waals surface area (Å²) in [5.41, 5.74) is 1.63. The number of unbranched alkanes of at least 4 members (excludes halogenated alkanes) is 7. The van der Waals surface area contributed by atoms with Crippen LogP contribution >= 0.6 is 23.2 Å². The Kier molecular flexibility index (Phi) is 17.5. The fraction of sp³-hybridized carbons (Fsp3) is 0.647. The van der Waals surface area contributed by atoms with Crippen molar-refractivity contribution < 1.29 is 29.4 Å². The third kappa shape index (κ3) is 12.0. The third-order valence-corrected chi connectivity index (χ3v) is 10.3. The molecule has 0 aliphatic carbocycles. The van der Waals surface area contributed by atoms with Crippen LogP contribution in [-0.4, -0.2) is 93.2 Å². The van der Waals surface area contributed by atoms with Gasteiger partial charge in [0.15, 0.2) is 23.5 Å². The van der Waals surface area contributed by atoms with Crippen molar-refractivity contribution in [3.63, 3.8) is 0 Å². The number of nitrogens with zero attached hydrogens (tertiary/aromatic N) is 2. The minimum absolute atomic E-state index is 0.00993. The summed E-state index contributed by atoms with van der Waals surface area (Å²) in [5.74, 6) is 0. The number of benzene rings is 2. The van der Waals surface area contributed by atoms with Crippen molar-refractivity contribution in [1.29, 1.82) is 0 Å². The molecule has 0 saturated carbocycles. The number of likely N-dealkylation sites (N-methyl/N-ethyl adjacent to an activating group) is 2. The quantitative estimate of drug-likeness (QED) is 0.0400. The summed E-state index contributed by atoms with van der Waals surface area (Å²) < 4.78 is 0.488. The van der Waals surface area contributed by atoms with E-state index in [2.05, 4.69) is 0 Å². The molecule has 8 heteroatoms. The van der Waals surface area contributed by atoms with Gasteiger partial charge in [-0.2, -0.15) is 0 Å². The van der Waals surface area contributed by atoms with E-state index in [0.717, 1.165) is 62.5 Å². The molecule has 0 spiro atoms. The van der Waals surface area contributed by atoms with Crippen LogP contribution in [0.2, 0.25) is 0 Å². The molecule has 0 fully saturated rings. The van der Waals surface area contributed by atoms with Crippen LogP contribution in [0, 0.1) is 0 Å². The van der Waals surface area contributed by atoms with Crippen LogP contribution in [-0.2, 0) is 12.8 Å². The van der Waals surface area contributed by atoms with Crippen molar-refractivity contribution in [1.82, 2.24) is 0 Å². The highest BCUT2D eigenvalue weighted by atomic mass is 35.5. The average molecular weight is 628 g/mol. The van der Waals surface area contributed by atoms with Gasteiger partial charge in [-0.3, -0.25) is 8.97 Å². The molecule has 6 unspecified atom stereocenters. The summed E-state index contributed by atoms with van der Waals surface area (Å²) in [6.45, 7) is 0.832. The first kappa shape index (κ1) is 37.0. The molecule has 0 radical (unpaired) electrons. The average Bonchev–Trinajstić information content (AvgIpc) is 2.98. The number of quaternary nitrogens is 2. The molecule has 238 valence electrons. The molecule has 0 bridgehead atoms. The van der Waals surface area contributed by atoms with E-state index in [0.29, 0.717) is 25.9 Å². The molecule has 42 heavy (non-hydrogen) atoms. The number of rotatable bonds is 23. The molecule has 0 saturated heterocycles. The lowest BCUT2D eigenvalue weighted by Crippen LogP contribution is -2.59. The van der Waals surface area contributed by atoms with Gasteiger partial charge < -0.3 is 20.4 Å². The summed E-state index contributed by atoms with van der Waals surface area (Å²) in [7, 11) is 3.89. The maximum atomic E-state index is 11.0. The summed E-state index contributed by atoms with van der Waals surface area (Å²) in [4.78, 5) is 0. The molecule has 6 atom stereocenters. The second kappa shape index (κ2) is 19.9. The first-order valence-electron chi connectivity index (χ1n) is 15.8. The lowest BCUT2D eigenvalue weighted by atomic mass is 10.0. The standard InChI is InChI=1S/C34H56Cl2N2O4/c1-37(23-25-39,33(41)27-29-17-11-9-12-18-29)31(35)21-15-7-5-3-4-6-8-16-22-32(36)38(2,24-26-40)34(42)28-30-19-13-10-14-20-30/h9-14,17-20,31-34,39-42H,3-8,15-16,21-28H2,1-2H3/q+2. The van der Waals surface area contributed by atoms with Crippen molar-refractivity contribution in [2.45, 2.75) is 101 Å². The Balaban J connectivity index is 1.63. The predicted octanol–water partition coefficient (Wildman–Crippen LogP) is 6.02. The highest BCUT2D eigenvalue weighted by Gasteiger charge is 2.38. The molecule has 0 heterocycles. The second-order valence-electron chi connectivity index (χ2n) is 12.2. The normalized spacial score (nSPS) is 17.6. The van der Waals surface area contributed by atoms with Gasteiger partial charge in [-0.05, 0) is 24.0 Å². The first-order chi connectivity index (χ1) is 20.2. The van der Waals surface area contributed by atoms with Gasteiger partial charge >= 0.3 is 0 Å². The zero-order chi connectivity index (χ0) is 30.8. The highest BCUT2D eigenvalue weighted by Crippen LogP contribution is 2.27. The maximum Gasteiger partial charge on any atom is 0.195 e. The molecular weight excluding hydrogens is 571 g/mol. The number of aliphatic hydroxyl groups excluding tert-OH is 4. The van der Waals surface area contributed by atoms with Gasteiger partial charge in [0, 0.05) is 12.8 Å². The Bertz CT molecular complexity index is 880. The van der Waals surface area contributed by atoms with Crippen molar-refractivity contribution in [3.8, 4) is 0 Å². The van der Waals surface area contributed by atoms with Crippen LogP contribution < -0.4 is 0 Å². The molecular formula is C34H56Cl2N2O4+2. The SMILES string of the molecule is C[N+](CCO)(C(O)Cc1ccccc1)C(Cl)CCCCCCCCCCC(Cl)[N+](C)(CCO)C(O)Cc1ccccc1. The molecule has 0 aliphatic heterocycles. The van der Waals surface area contributed by atoms with E-state index >= 15 is 0 Å². The van der Waals surface area contributed by atoms with Gasteiger partial charge in [-0.1, -0.05) is 122 Å². The van der Waals surface area contributed by atoms with E-state index in [1.54, 1.807) is 0 Å². The molecule has 0 aromatic heterocycles. The summed E-state index contributed by atoms with van der Waals surface area (Å²) in [6, 6.07) is 19.9. The van der Waals surface area contributed by atoms with Crippen LogP contribution in [0.5, 0.6) is 0 Å². The molecule has 2 aromatic rings. The van der Waals surface area contributed by atoms with Crippen molar-refractivity contribution in [2.75, 3.05) is 40.4 Å². The number of aliphatic hydroxyl groups is 4. The summed E-state index contributed by atoms with van der Waals surface area (Å²) in [5, 5.41) is 41.3.